The van der Waals surface area contributed by atoms with Crippen LogP contribution in [0.3, 0.4) is 0 Å². The van der Waals surface area contributed by atoms with E-state index in [0.29, 0.717) is 63.4 Å². The molecule has 1 saturated carbocycles. The molecule has 28 heavy (non-hydrogen) atoms. The minimum atomic E-state index is 0.260. The van der Waals surface area contributed by atoms with E-state index >= 15 is 0 Å². The van der Waals surface area contributed by atoms with Gasteiger partial charge >= 0.3 is 0 Å². The summed E-state index contributed by atoms with van der Waals surface area (Å²) in [6, 6.07) is 0.471. The Hall–Kier alpha value is -1.75. The maximum atomic E-state index is 8.82. The van der Waals surface area contributed by atoms with Crippen molar-refractivity contribution in [2.24, 2.45) is 5.73 Å². The van der Waals surface area contributed by atoms with Gasteiger partial charge < -0.3 is 36.3 Å². The second-order valence-electron chi connectivity index (χ2n) is 6.73. The van der Waals surface area contributed by atoms with Crippen molar-refractivity contribution in [3.05, 3.63) is 0 Å². The molecule has 1 fully saturated rings. The first-order valence-corrected chi connectivity index (χ1v) is 10.3. The topological polar surface area (TPSA) is 139 Å². The van der Waals surface area contributed by atoms with Crippen molar-refractivity contribution < 1.29 is 14.6 Å². The van der Waals surface area contributed by atoms with Gasteiger partial charge in [-0.05, 0) is 25.7 Å². The second-order valence-corrected chi connectivity index (χ2v) is 6.73. The number of nitrogens with zero attached hydrogens (tertiary/aromatic N) is 3. The number of aliphatic hydroxyl groups is 1. The molecule has 1 aromatic heterocycles. The van der Waals surface area contributed by atoms with Gasteiger partial charge in [0.15, 0.2) is 0 Å². The first kappa shape index (κ1) is 22.5. The van der Waals surface area contributed by atoms with Crippen LogP contribution in [-0.4, -0.2) is 78.8 Å². The summed E-state index contributed by atoms with van der Waals surface area (Å²) >= 11 is 0. The van der Waals surface area contributed by atoms with E-state index in [0.717, 1.165) is 45.1 Å². The number of aliphatic hydroxyl groups excluding tert-OH is 1. The zero-order valence-corrected chi connectivity index (χ0v) is 16.7. The largest absolute Gasteiger partial charge is 0.396 e. The summed E-state index contributed by atoms with van der Waals surface area (Å²) in [7, 11) is 0. The third-order valence-corrected chi connectivity index (χ3v) is 4.08. The van der Waals surface area contributed by atoms with Crippen LogP contribution in [0, 0.1) is 0 Å². The van der Waals surface area contributed by atoms with E-state index in [-0.39, 0.29) is 6.61 Å². The Bertz CT molecular complexity index is 532. The van der Waals surface area contributed by atoms with Crippen molar-refractivity contribution in [3.63, 3.8) is 0 Å². The van der Waals surface area contributed by atoms with Gasteiger partial charge in [-0.3, -0.25) is 0 Å². The Kier molecular flexibility index (Phi) is 11.5. The second kappa shape index (κ2) is 14.3. The van der Waals surface area contributed by atoms with Crippen LogP contribution in [0.1, 0.15) is 38.5 Å². The molecule has 0 spiro atoms. The van der Waals surface area contributed by atoms with E-state index in [1.54, 1.807) is 0 Å². The maximum Gasteiger partial charge on any atom is 0.229 e. The molecule has 160 valence electrons. The number of rotatable bonds is 18. The van der Waals surface area contributed by atoms with Crippen molar-refractivity contribution in [1.82, 2.24) is 15.0 Å². The molecule has 1 heterocycles. The highest BCUT2D eigenvalue weighted by atomic mass is 16.5. The molecule has 0 amide bonds. The standard InChI is InChI=1S/C18H35N7O3/c19-7-11-27-13-14-28-12-9-21-17-23-16(20-8-3-1-2-4-10-26)24-18(25-17)22-15-5-6-15/h15,26H,1-14,19H2,(H3,20,21,22,23,24,25). The monoisotopic (exact) mass is 397 g/mol. The van der Waals surface area contributed by atoms with Crippen molar-refractivity contribution in [1.29, 1.82) is 0 Å². The summed E-state index contributed by atoms with van der Waals surface area (Å²) in [5, 5.41) is 18.6. The average Bonchev–Trinajstić information content (AvgIpc) is 3.50. The normalized spacial score (nSPS) is 13.5. The van der Waals surface area contributed by atoms with E-state index in [1.807, 2.05) is 0 Å². The minimum absolute atomic E-state index is 0.260. The molecule has 0 aromatic carbocycles. The Balaban J connectivity index is 1.71. The molecule has 1 aliphatic carbocycles. The summed E-state index contributed by atoms with van der Waals surface area (Å²) in [5.74, 6) is 1.70. The molecule has 10 heteroatoms. The Morgan fingerprint density at radius 2 is 1.46 bits per heavy atom. The lowest BCUT2D eigenvalue weighted by molar-refractivity contribution is 0.0547. The van der Waals surface area contributed by atoms with Gasteiger partial charge in [0.25, 0.3) is 0 Å². The van der Waals surface area contributed by atoms with Gasteiger partial charge in [-0.25, -0.2) is 0 Å². The average molecular weight is 398 g/mol. The molecule has 0 aliphatic heterocycles. The van der Waals surface area contributed by atoms with E-state index in [9.17, 15) is 0 Å². The molecule has 1 aromatic rings. The third-order valence-electron chi connectivity index (χ3n) is 4.08. The summed E-state index contributed by atoms with van der Waals surface area (Å²) < 4.78 is 10.8. The summed E-state index contributed by atoms with van der Waals surface area (Å²) in [5.41, 5.74) is 5.36. The fourth-order valence-electron chi connectivity index (χ4n) is 2.44. The summed E-state index contributed by atoms with van der Waals surface area (Å²) in [6.07, 6.45) is 6.29. The number of unbranched alkanes of at least 4 members (excludes halogenated alkanes) is 3. The van der Waals surface area contributed by atoms with E-state index in [4.69, 9.17) is 20.3 Å². The Morgan fingerprint density at radius 1 is 0.821 bits per heavy atom. The summed E-state index contributed by atoms with van der Waals surface area (Å²) in [6.45, 7) is 4.36. The molecular weight excluding hydrogens is 362 g/mol. The lowest BCUT2D eigenvalue weighted by Crippen LogP contribution is -2.17. The molecule has 0 radical (unpaired) electrons. The smallest absolute Gasteiger partial charge is 0.229 e. The molecule has 0 bridgehead atoms. The fraction of sp³-hybridized carbons (Fsp3) is 0.833. The number of hydrogen-bond acceptors (Lipinski definition) is 10. The number of anilines is 3. The van der Waals surface area contributed by atoms with Gasteiger partial charge in [0.05, 0.1) is 26.4 Å². The van der Waals surface area contributed by atoms with Gasteiger partial charge in [0.1, 0.15) is 0 Å². The van der Waals surface area contributed by atoms with Gasteiger partial charge in [-0.15, -0.1) is 0 Å². The highest BCUT2D eigenvalue weighted by molar-refractivity contribution is 5.43. The van der Waals surface area contributed by atoms with Crippen molar-refractivity contribution in [2.45, 2.75) is 44.6 Å². The SMILES string of the molecule is NCCOCCOCCNc1nc(NCCCCCCO)nc(NC2CC2)n1. The van der Waals surface area contributed by atoms with Crippen LogP contribution in [-0.2, 0) is 9.47 Å². The Morgan fingerprint density at radius 3 is 2.14 bits per heavy atom. The van der Waals surface area contributed by atoms with Crippen LogP contribution >= 0.6 is 0 Å². The molecular formula is C18H35N7O3. The quantitative estimate of drug-likeness (QED) is 0.226. The lowest BCUT2D eigenvalue weighted by atomic mass is 10.2. The minimum Gasteiger partial charge on any atom is -0.396 e. The molecule has 6 N–H and O–H groups in total. The predicted molar refractivity (Wildman–Crippen MR) is 110 cm³/mol. The zero-order chi connectivity index (χ0) is 19.9. The Labute approximate surface area is 167 Å². The van der Waals surface area contributed by atoms with Crippen molar-refractivity contribution in [2.75, 3.05) is 68.6 Å². The first-order chi connectivity index (χ1) is 13.8. The van der Waals surface area contributed by atoms with Crippen LogP contribution in [0.5, 0.6) is 0 Å². The molecule has 0 unspecified atom stereocenters. The third kappa shape index (κ3) is 10.5. The molecule has 0 atom stereocenters. The lowest BCUT2D eigenvalue weighted by Gasteiger charge is -2.11. The molecule has 0 saturated heterocycles. The summed E-state index contributed by atoms with van der Waals surface area (Å²) in [4.78, 5) is 13.3. The van der Waals surface area contributed by atoms with E-state index in [1.165, 1.54) is 0 Å². The van der Waals surface area contributed by atoms with E-state index < -0.39 is 0 Å². The van der Waals surface area contributed by atoms with E-state index in [2.05, 4.69) is 30.9 Å². The van der Waals surface area contributed by atoms with Gasteiger partial charge in [-0.2, -0.15) is 15.0 Å². The number of hydrogen-bond donors (Lipinski definition) is 5. The number of nitrogens with one attached hydrogen (secondary N) is 3. The van der Waals surface area contributed by atoms with Crippen LogP contribution in [0.25, 0.3) is 0 Å². The van der Waals surface area contributed by atoms with Crippen molar-refractivity contribution in [3.8, 4) is 0 Å². The number of nitrogens with two attached hydrogens (primary N) is 1. The van der Waals surface area contributed by atoms with Crippen LogP contribution < -0.4 is 21.7 Å². The maximum absolute atomic E-state index is 8.82. The van der Waals surface area contributed by atoms with Crippen LogP contribution in [0.15, 0.2) is 0 Å². The zero-order valence-electron chi connectivity index (χ0n) is 16.7. The molecule has 10 nitrogen and oxygen atoms in total. The van der Waals surface area contributed by atoms with Gasteiger partial charge in [0.2, 0.25) is 17.8 Å². The highest BCUT2D eigenvalue weighted by Crippen LogP contribution is 2.23. The fourth-order valence-corrected chi connectivity index (χ4v) is 2.44. The number of aromatic nitrogens is 3. The molecule has 2 rings (SSSR count). The molecule has 1 aliphatic rings. The number of ether oxygens (including phenoxy) is 2. The van der Waals surface area contributed by atoms with Crippen molar-refractivity contribution >= 4 is 17.8 Å². The first-order valence-electron chi connectivity index (χ1n) is 10.3. The van der Waals surface area contributed by atoms with Crippen LogP contribution in [0.4, 0.5) is 17.8 Å². The predicted octanol–water partition coefficient (Wildman–Crippen LogP) is 0.814. The van der Waals surface area contributed by atoms with Crippen LogP contribution in [0.2, 0.25) is 0 Å². The van der Waals surface area contributed by atoms with Gasteiger partial charge in [-0.1, -0.05) is 12.8 Å². The van der Waals surface area contributed by atoms with Gasteiger partial charge in [0, 0.05) is 32.3 Å². The highest BCUT2D eigenvalue weighted by Gasteiger charge is 2.22.